The molecule has 0 amide bonds. The summed E-state index contributed by atoms with van der Waals surface area (Å²) in [6, 6.07) is 0. The molecule has 0 radical (unpaired) electrons. The molecule has 0 spiro atoms. The Morgan fingerprint density at radius 2 is 1.60 bits per heavy atom. The number of rotatable bonds is 5. The molecule has 1 rings (SSSR count). The highest BCUT2D eigenvalue weighted by molar-refractivity contribution is 4.75. The zero-order valence-electron chi connectivity index (χ0n) is 11.3. The molecule has 0 aromatic heterocycles. The average molecular weight is 210 g/mol. The van der Waals surface area contributed by atoms with Crippen LogP contribution in [0.1, 0.15) is 72.6 Å². The standard InChI is InChI=1S/C15H30/c1-5-13(4)15(12(2)3)11-14-9-7-6-8-10-14/h12-15H,5-11H2,1-4H3. The van der Waals surface area contributed by atoms with E-state index in [1.54, 1.807) is 0 Å². The summed E-state index contributed by atoms with van der Waals surface area (Å²) in [5, 5.41) is 0. The maximum Gasteiger partial charge on any atom is -0.0363 e. The van der Waals surface area contributed by atoms with Crippen LogP contribution in [-0.2, 0) is 0 Å². The van der Waals surface area contributed by atoms with Gasteiger partial charge in [0.1, 0.15) is 0 Å². The molecule has 1 fully saturated rings. The van der Waals surface area contributed by atoms with Crippen LogP contribution in [0.4, 0.5) is 0 Å². The van der Waals surface area contributed by atoms with Gasteiger partial charge in [0, 0.05) is 0 Å². The maximum atomic E-state index is 2.45. The third-order valence-corrected chi connectivity index (χ3v) is 4.56. The Labute approximate surface area is 96.8 Å². The molecule has 1 aliphatic carbocycles. The second-order valence-electron chi connectivity index (χ2n) is 6.03. The van der Waals surface area contributed by atoms with Crippen molar-refractivity contribution in [1.29, 1.82) is 0 Å². The van der Waals surface area contributed by atoms with Crippen molar-refractivity contribution in [1.82, 2.24) is 0 Å². The largest absolute Gasteiger partial charge is 0.0651 e. The number of hydrogen-bond donors (Lipinski definition) is 0. The molecular formula is C15H30. The predicted octanol–water partition coefficient (Wildman–Crippen LogP) is 5.28. The third-order valence-electron chi connectivity index (χ3n) is 4.56. The van der Waals surface area contributed by atoms with Crippen LogP contribution < -0.4 is 0 Å². The monoisotopic (exact) mass is 210 g/mol. The fraction of sp³-hybridized carbons (Fsp3) is 1.00. The second kappa shape index (κ2) is 6.55. The van der Waals surface area contributed by atoms with Crippen molar-refractivity contribution >= 4 is 0 Å². The fourth-order valence-electron chi connectivity index (χ4n) is 3.27. The van der Waals surface area contributed by atoms with Gasteiger partial charge >= 0.3 is 0 Å². The zero-order chi connectivity index (χ0) is 11.3. The van der Waals surface area contributed by atoms with E-state index >= 15 is 0 Å². The Morgan fingerprint density at radius 3 is 2.07 bits per heavy atom. The summed E-state index contributed by atoms with van der Waals surface area (Å²) in [6.45, 7) is 9.63. The topological polar surface area (TPSA) is 0 Å². The van der Waals surface area contributed by atoms with E-state index in [9.17, 15) is 0 Å². The van der Waals surface area contributed by atoms with E-state index in [1.807, 2.05) is 0 Å². The van der Waals surface area contributed by atoms with Gasteiger partial charge in [-0.15, -0.1) is 0 Å². The summed E-state index contributed by atoms with van der Waals surface area (Å²) in [7, 11) is 0. The van der Waals surface area contributed by atoms with Gasteiger partial charge in [-0.3, -0.25) is 0 Å². The molecule has 1 aliphatic rings. The summed E-state index contributed by atoms with van der Waals surface area (Å²) >= 11 is 0. The van der Waals surface area contributed by atoms with Crippen LogP contribution in [0.25, 0.3) is 0 Å². The molecule has 90 valence electrons. The van der Waals surface area contributed by atoms with Crippen LogP contribution in [0.5, 0.6) is 0 Å². The van der Waals surface area contributed by atoms with E-state index in [0.29, 0.717) is 0 Å². The molecule has 0 saturated heterocycles. The fourth-order valence-corrected chi connectivity index (χ4v) is 3.27. The maximum absolute atomic E-state index is 2.45. The third kappa shape index (κ3) is 4.17. The summed E-state index contributed by atoms with van der Waals surface area (Å²) in [5.74, 6) is 3.83. The van der Waals surface area contributed by atoms with E-state index < -0.39 is 0 Å². The van der Waals surface area contributed by atoms with Crippen LogP contribution in [0.2, 0.25) is 0 Å². The van der Waals surface area contributed by atoms with E-state index in [4.69, 9.17) is 0 Å². The van der Waals surface area contributed by atoms with Crippen LogP contribution in [0.3, 0.4) is 0 Å². The molecule has 1 saturated carbocycles. The molecule has 0 aromatic carbocycles. The molecule has 0 aromatic rings. The van der Waals surface area contributed by atoms with Crippen LogP contribution in [-0.4, -0.2) is 0 Å². The molecule has 2 atom stereocenters. The van der Waals surface area contributed by atoms with Crippen LogP contribution in [0.15, 0.2) is 0 Å². The Bertz CT molecular complexity index is 153. The van der Waals surface area contributed by atoms with E-state index in [2.05, 4.69) is 27.7 Å². The Balaban J connectivity index is 2.42. The first kappa shape index (κ1) is 13.1. The van der Waals surface area contributed by atoms with Gasteiger partial charge in [-0.2, -0.15) is 0 Å². The first-order chi connectivity index (χ1) is 7.15. The molecule has 0 N–H and O–H groups in total. The van der Waals surface area contributed by atoms with Crippen LogP contribution in [0, 0.1) is 23.7 Å². The van der Waals surface area contributed by atoms with Crippen molar-refractivity contribution in [2.45, 2.75) is 72.6 Å². The highest BCUT2D eigenvalue weighted by Crippen LogP contribution is 2.35. The lowest BCUT2D eigenvalue weighted by Gasteiger charge is -2.32. The Kier molecular flexibility index (Phi) is 5.71. The SMILES string of the molecule is CCC(C)C(CC1CCCCC1)C(C)C. The second-order valence-corrected chi connectivity index (χ2v) is 6.03. The summed E-state index contributed by atoms with van der Waals surface area (Å²) < 4.78 is 0. The van der Waals surface area contributed by atoms with E-state index in [-0.39, 0.29) is 0 Å². The first-order valence-corrected chi connectivity index (χ1v) is 7.15. The summed E-state index contributed by atoms with van der Waals surface area (Å²) in [6.07, 6.45) is 10.4. The molecule has 0 bridgehead atoms. The minimum atomic E-state index is 0.877. The quantitative estimate of drug-likeness (QED) is 0.579. The minimum absolute atomic E-state index is 0.877. The van der Waals surface area contributed by atoms with E-state index in [0.717, 1.165) is 23.7 Å². The highest BCUT2D eigenvalue weighted by Gasteiger charge is 2.24. The minimum Gasteiger partial charge on any atom is -0.0651 e. The number of hydrogen-bond acceptors (Lipinski definition) is 0. The molecule has 0 heterocycles. The lowest BCUT2D eigenvalue weighted by Crippen LogP contribution is -2.22. The van der Waals surface area contributed by atoms with Gasteiger partial charge in [-0.25, -0.2) is 0 Å². The van der Waals surface area contributed by atoms with Crippen molar-refractivity contribution in [2.75, 3.05) is 0 Å². The Hall–Kier alpha value is 0. The molecular weight excluding hydrogens is 180 g/mol. The zero-order valence-corrected chi connectivity index (χ0v) is 11.3. The van der Waals surface area contributed by atoms with Crippen molar-refractivity contribution in [3.63, 3.8) is 0 Å². The molecule has 0 heteroatoms. The van der Waals surface area contributed by atoms with Gasteiger partial charge in [-0.05, 0) is 30.1 Å². The first-order valence-electron chi connectivity index (χ1n) is 7.15. The average Bonchev–Trinajstić information content (AvgIpc) is 2.26. The molecule has 0 aliphatic heterocycles. The van der Waals surface area contributed by atoms with Gasteiger partial charge in [0.05, 0.1) is 0 Å². The van der Waals surface area contributed by atoms with Gasteiger partial charge in [0.25, 0.3) is 0 Å². The molecule has 2 unspecified atom stereocenters. The normalized spacial score (nSPS) is 23.0. The van der Waals surface area contributed by atoms with Crippen LogP contribution >= 0.6 is 0 Å². The van der Waals surface area contributed by atoms with E-state index in [1.165, 1.54) is 44.9 Å². The predicted molar refractivity (Wildman–Crippen MR) is 69.0 cm³/mol. The van der Waals surface area contributed by atoms with Crippen molar-refractivity contribution in [2.24, 2.45) is 23.7 Å². The Morgan fingerprint density at radius 1 is 1.00 bits per heavy atom. The van der Waals surface area contributed by atoms with Crippen molar-refractivity contribution in [3.8, 4) is 0 Å². The lowest BCUT2D eigenvalue weighted by molar-refractivity contribution is 0.187. The highest BCUT2D eigenvalue weighted by atomic mass is 14.3. The van der Waals surface area contributed by atoms with Gasteiger partial charge in [0.15, 0.2) is 0 Å². The summed E-state index contributed by atoms with van der Waals surface area (Å²) in [4.78, 5) is 0. The van der Waals surface area contributed by atoms with Gasteiger partial charge < -0.3 is 0 Å². The van der Waals surface area contributed by atoms with Crippen molar-refractivity contribution in [3.05, 3.63) is 0 Å². The van der Waals surface area contributed by atoms with Gasteiger partial charge in [-0.1, -0.05) is 66.2 Å². The molecule has 0 nitrogen and oxygen atoms in total. The lowest BCUT2D eigenvalue weighted by atomic mass is 9.74. The summed E-state index contributed by atoms with van der Waals surface area (Å²) in [5.41, 5.74) is 0. The van der Waals surface area contributed by atoms with Gasteiger partial charge in [0.2, 0.25) is 0 Å². The molecule has 15 heavy (non-hydrogen) atoms. The van der Waals surface area contributed by atoms with Crippen molar-refractivity contribution < 1.29 is 0 Å². The smallest absolute Gasteiger partial charge is 0.0363 e.